The van der Waals surface area contributed by atoms with Crippen LogP contribution in [0.5, 0.6) is 0 Å². The number of carbonyl (C=O) groups is 1. The van der Waals surface area contributed by atoms with Gasteiger partial charge in [-0.25, -0.2) is 9.09 Å². The van der Waals surface area contributed by atoms with E-state index >= 15 is 0 Å². The summed E-state index contributed by atoms with van der Waals surface area (Å²) < 4.78 is 26.5. The molecule has 0 heterocycles. The SMILES string of the molecule is CC(C)OC1CC2CC(O)CCC2(C)C2CC(O)C3(C)C(C(C)CCC(=O)OCOP(=O)(O)O)CCC3C12. The van der Waals surface area contributed by atoms with Crippen molar-refractivity contribution in [2.75, 3.05) is 6.79 Å². The Bertz CT molecular complexity index is 892. The predicted molar refractivity (Wildman–Crippen MR) is 140 cm³/mol. The zero-order chi connectivity index (χ0) is 28.0. The molecule has 4 N–H and O–H groups in total. The fraction of sp³-hybridized carbons (Fsp3) is 0.964. The molecule has 0 bridgehead atoms. The monoisotopic (exact) mass is 560 g/mol. The van der Waals surface area contributed by atoms with Crippen LogP contribution in [-0.2, 0) is 23.4 Å². The molecule has 0 saturated heterocycles. The first kappa shape index (κ1) is 30.4. The van der Waals surface area contributed by atoms with Crippen LogP contribution in [0.3, 0.4) is 0 Å². The van der Waals surface area contributed by atoms with Crippen LogP contribution in [0.15, 0.2) is 0 Å². The van der Waals surface area contributed by atoms with Crippen LogP contribution >= 0.6 is 7.82 Å². The summed E-state index contributed by atoms with van der Waals surface area (Å²) >= 11 is 0. The first-order chi connectivity index (χ1) is 17.7. The zero-order valence-corrected chi connectivity index (χ0v) is 24.5. The van der Waals surface area contributed by atoms with Gasteiger partial charge in [-0.05, 0) is 112 Å². The second-order valence-corrected chi connectivity index (χ2v) is 14.7. The maximum absolute atomic E-state index is 12.2. The van der Waals surface area contributed by atoms with Gasteiger partial charge in [0.1, 0.15) is 0 Å². The van der Waals surface area contributed by atoms with Crippen molar-refractivity contribution in [3.8, 4) is 0 Å². The molecule has 0 amide bonds. The minimum Gasteiger partial charge on any atom is -0.438 e. The Morgan fingerprint density at radius 2 is 1.74 bits per heavy atom. The fourth-order valence-corrected chi connectivity index (χ4v) is 9.57. The van der Waals surface area contributed by atoms with E-state index in [4.69, 9.17) is 19.3 Å². The molecule has 0 aromatic carbocycles. The summed E-state index contributed by atoms with van der Waals surface area (Å²) in [6, 6.07) is 0. The summed E-state index contributed by atoms with van der Waals surface area (Å²) in [4.78, 5) is 29.7. The maximum Gasteiger partial charge on any atom is 0.472 e. The van der Waals surface area contributed by atoms with E-state index in [1.165, 1.54) is 0 Å². The molecule has 10 heteroatoms. The number of hydrogen-bond acceptors (Lipinski definition) is 7. The van der Waals surface area contributed by atoms with E-state index in [0.717, 1.165) is 44.9 Å². The van der Waals surface area contributed by atoms with Crippen LogP contribution in [0, 0.1) is 46.3 Å². The van der Waals surface area contributed by atoms with Gasteiger partial charge >= 0.3 is 13.8 Å². The van der Waals surface area contributed by atoms with Gasteiger partial charge in [-0.1, -0.05) is 20.8 Å². The minimum atomic E-state index is -4.68. The van der Waals surface area contributed by atoms with Gasteiger partial charge in [0.15, 0.2) is 0 Å². The van der Waals surface area contributed by atoms with E-state index in [-0.39, 0.29) is 47.4 Å². The Hall–Kier alpha value is -0.540. The molecule has 11 unspecified atom stereocenters. The van der Waals surface area contributed by atoms with Crippen LogP contribution in [-0.4, -0.2) is 57.2 Å². The van der Waals surface area contributed by atoms with Gasteiger partial charge in [0.05, 0.1) is 24.4 Å². The highest BCUT2D eigenvalue weighted by Crippen LogP contribution is 2.68. The lowest BCUT2D eigenvalue weighted by atomic mass is 9.43. The first-order valence-corrected chi connectivity index (χ1v) is 16.1. The summed E-state index contributed by atoms with van der Waals surface area (Å²) in [5.74, 6) is 1.35. The highest BCUT2D eigenvalue weighted by molar-refractivity contribution is 7.46. The van der Waals surface area contributed by atoms with E-state index in [1.54, 1.807) is 0 Å². The Balaban J connectivity index is 1.49. The van der Waals surface area contributed by atoms with Gasteiger partial charge in [0.2, 0.25) is 6.79 Å². The molecule has 4 rings (SSSR count). The van der Waals surface area contributed by atoms with Crippen molar-refractivity contribution in [2.24, 2.45) is 46.3 Å². The molecule has 11 atom stereocenters. The van der Waals surface area contributed by atoms with E-state index in [2.05, 4.69) is 39.1 Å². The number of aliphatic hydroxyl groups is 2. The number of hydrogen-bond donors (Lipinski definition) is 4. The summed E-state index contributed by atoms with van der Waals surface area (Å²) in [6.07, 6.45) is 6.68. The predicted octanol–water partition coefficient (Wildman–Crippen LogP) is 4.41. The Labute approximate surface area is 227 Å². The Morgan fingerprint density at radius 3 is 2.39 bits per heavy atom. The van der Waals surface area contributed by atoms with E-state index < -0.39 is 26.7 Å². The van der Waals surface area contributed by atoms with Gasteiger partial charge in [-0.15, -0.1) is 0 Å². The number of aliphatic hydroxyl groups excluding tert-OH is 2. The number of carbonyl (C=O) groups excluding carboxylic acids is 1. The molecule has 0 aliphatic heterocycles. The fourth-order valence-electron chi connectivity index (χ4n) is 9.38. The smallest absolute Gasteiger partial charge is 0.438 e. The van der Waals surface area contributed by atoms with Crippen molar-refractivity contribution in [3.05, 3.63) is 0 Å². The molecule has 4 aliphatic rings. The molecule has 0 aromatic heterocycles. The van der Waals surface area contributed by atoms with Crippen LogP contribution in [0.4, 0.5) is 0 Å². The van der Waals surface area contributed by atoms with Gasteiger partial charge < -0.3 is 29.5 Å². The van der Waals surface area contributed by atoms with Gasteiger partial charge in [0.25, 0.3) is 0 Å². The number of phosphoric ester groups is 1. The van der Waals surface area contributed by atoms with Crippen molar-refractivity contribution in [2.45, 2.75) is 117 Å². The lowest BCUT2D eigenvalue weighted by Gasteiger charge is -2.64. The molecule has 38 heavy (non-hydrogen) atoms. The number of fused-ring (bicyclic) bond motifs is 5. The topological polar surface area (TPSA) is 143 Å². The van der Waals surface area contributed by atoms with Gasteiger partial charge in [-0.2, -0.15) is 0 Å². The van der Waals surface area contributed by atoms with Crippen LogP contribution in [0.1, 0.15) is 92.4 Å². The quantitative estimate of drug-likeness (QED) is 0.183. The molecule has 4 saturated carbocycles. The Kier molecular flexibility index (Phi) is 9.11. The largest absolute Gasteiger partial charge is 0.472 e. The molecule has 4 aliphatic carbocycles. The van der Waals surface area contributed by atoms with Gasteiger partial charge in [0, 0.05) is 6.42 Å². The summed E-state index contributed by atoms with van der Waals surface area (Å²) in [7, 11) is -4.68. The number of rotatable bonds is 9. The van der Waals surface area contributed by atoms with E-state index in [0.29, 0.717) is 30.1 Å². The average Bonchev–Trinajstić information content (AvgIpc) is 3.16. The van der Waals surface area contributed by atoms with Crippen molar-refractivity contribution in [1.82, 2.24) is 0 Å². The molecular weight excluding hydrogens is 511 g/mol. The Morgan fingerprint density at radius 1 is 1.03 bits per heavy atom. The van der Waals surface area contributed by atoms with Crippen molar-refractivity contribution in [3.63, 3.8) is 0 Å². The molecule has 220 valence electrons. The lowest BCUT2D eigenvalue weighted by molar-refractivity contribution is -0.222. The third kappa shape index (κ3) is 5.90. The van der Waals surface area contributed by atoms with Crippen molar-refractivity contribution >= 4 is 13.8 Å². The van der Waals surface area contributed by atoms with Crippen LogP contribution in [0.25, 0.3) is 0 Å². The maximum atomic E-state index is 12.2. The molecule has 0 spiro atoms. The van der Waals surface area contributed by atoms with Gasteiger partial charge in [-0.3, -0.25) is 4.79 Å². The van der Waals surface area contributed by atoms with E-state index in [1.807, 2.05) is 0 Å². The summed E-state index contributed by atoms with van der Waals surface area (Å²) in [5.41, 5.74) is -0.171. The second-order valence-electron chi connectivity index (χ2n) is 13.5. The molecule has 0 aromatic rings. The average molecular weight is 561 g/mol. The van der Waals surface area contributed by atoms with Crippen LogP contribution in [0.2, 0.25) is 0 Å². The number of phosphoric acid groups is 1. The summed E-state index contributed by atoms with van der Waals surface area (Å²) in [6.45, 7) is 10.2. The van der Waals surface area contributed by atoms with E-state index in [9.17, 15) is 19.6 Å². The minimum absolute atomic E-state index is 0.103. The molecular formula is C28H49O9P. The highest BCUT2D eigenvalue weighted by atomic mass is 31.2. The van der Waals surface area contributed by atoms with Crippen molar-refractivity contribution in [1.29, 1.82) is 0 Å². The molecule has 4 fully saturated rings. The standard InChI is InChI=1S/C28H49O9P/c1-16(2)37-23-13-18-12-19(29)10-11-27(18,4)22-14-24(30)28(5)20(7-8-21(28)26(22)23)17(3)6-9-25(31)35-15-36-38(32,33)34/h16-24,26,29-30H,6-15H2,1-5H3,(H2,32,33,34). The number of esters is 1. The normalized spacial score (nSPS) is 43.7. The van der Waals surface area contributed by atoms with Crippen LogP contribution < -0.4 is 0 Å². The number of ether oxygens (including phenoxy) is 2. The third-order valence-corrected chi connectivity index (χ3v) is 11.6. The van der Waals surface area contributed by atoms with Crippen molar-refractivity contribution < 1.29 is 43.4 Å². The second kappa shape index (κ2) is 11.4. The zero-order valence-electron chi connectivity index (χ0n) is 23.6. The highest BCUT2D eigenvalue weighted by Gasteiger charge is 2.66. The third-order valence-electron chi connectivity index (χ3n) is 11.2. The lowest BCUT2D eigenvalue weighted by Crippen LogP contribution is -2.63. The first-order valence-electron chi connectivity index (χ1n) is 14.5. The molecule has 9 nitrogen and oxygen atoms in total. The molecule has 0 radical (unpaired) electrons. The summed E-state index contributed by atoms with van der Waals surface area (Å²) in [5, 5.41) is 22.3.